The van der Waals surface area contributed by atoms with Crippen LogP contribution in [0, 0.1) is 11.8 Å². The zero-order valence-electron chi connectivity index (χ0n) is 17.4. The molecule has 1 atom stereocenters. The summed E-state index contributed by atoms with van der Waals surface area (Å²) in [5, 5.41) is 4.18. The first-order chi connectivity index (χ1) is 13.8. The molecule has 29 heavy (non-hydrogen) atoms. The number of benzene rings is 1. The molecule has 6 heteroatoms. The molecule has 0 aromatic heterocycles. The summed E-state index contributed by atoms with van der Waals surface area (Å²) in [6, 6.07) is 5.36. The number of likely N-dealkylation sites (tertiary alicyclic amines) is 1. The van der Waals surface area contributed by atoms with E-state index in [1.807, 2.05) is 36.9 Å². The fourth-order valence-electron chi connectivity index (χ4n) is 4.62. The average Bonchev–Trinajstić information content (AvgIpc) is 3.20. The van der Waals surface area contributed by atoms with Gasteiger partial charge in [-0.3, -0.25) is 9.59 Å². The monoisotopic (exact) mass is 438 g/mol. The van der Waals surface area contributed by atoms with Gasteiger partial charge in [0, 0.05) is 19.5 Å². The lowest BCUT2D eigenvalue weighted by Crippen LogP contribution is -2.53. The summed E-state index contributed by atoms with van der Waals surface area (Å²) in [6.45, 7) is 5.40. The first-order valence-corrected chi connectivity index (χ1v) is 11.6. The number of hydrogen-bond donors (Lipinski definition) is 1. The number of amides is 2. The average molecular weight is 439 g/mol. The lowest BCUT2D eigenvalue weighted by molar-refractivity contribution is -0.138. The number of nitrogens with one attached hydrogen (secondary N) is 1. The summed E-state index contributed by atoms with van der Waals surface area (Å²) in [5.41, 5.74) is 1.18. The third-order valence-electron chi connectivity index (χ3n) is 6.42. The van der Waals surface area contributed by atoms with Gasteiger partial charge in [0.1, 0.15) is 6.04 Å². The molecular weight excluding hydrogens is 407 g/mol. The summed E-state index contributed by atoms with van der Waals surface area (Å²) in [6.07, 6.45) is 7.05. The molecule has 1 aliphatic heterocycles. The van der Waals surface area contributed by atoms with Gasteiger partial charge in [0.25, 0.3) is 0 Å². The molecule has 2 aliphatic rings. The van der Waals surface area contributed by atoms with Crippen LogP contribution in [-0.4, -0.2) is 35.8 Å². The largest absolute Gasteiger partial charge is 0.344 e. The van der Waals surface area contributed by atoms with Crippen molar-refractivity contribution in [3.63, 3.8) is 0 Å². The zero-order valence-corrected chi connectivity index (χ0v) is 18.9. The van der Waals surface area contributed by atoms with Crippen molar-refractivity contribution in [2.24, 2.45) is 11.8 Å². The molecule has 160 valence electrons. The van der Waals surface area contributed by atoms with Gasteiger partial charge < -0.3 is 10.2 Å². The van der Waals surface area contributed by atoms with Crippen molar-refractivity contribution in [3.05, 3.63) is 33.8 Å². The third-order valence-corrected chi connectivity index (χ3v) is 7.16. The molecule has 0 unspecified atom stereocenters. The summed E-state index contributed by atoms with van der Waals surface area (Å²) in [7, 11) is 0. The predicted octanol–water partition coefficient (Wildman–Crippen LogP) is 5.42. The van der Waals surface area contributed by atoms with Crippen LogP contribution >= 0.6 is 23.2 Å². The SMILES string of the molecule is CC(C)[C@@H](NC(=O)CC1CCCC1)C(=O)N1CCC(c2ccc(Cl)c(Cl)c2)CC1. The molecule has 1 heterocycles. The summed E-state index contributed by atoms with van der Waals surface area (Å²) in [5.74, 6) is 1.01. The molecule has 3 rings (SSSR count). The van der Waals surface area contributed by atoms with E-state index in [1.165, 1.54) is 18.4 Å². The Morgan fingerprint density at radius 1 is 1.07 bits per heavy atom. The fraction of sp³-hybridized carbons (Fsp3) is 0.652. The Bertz CT molecular complexity index is 724. The lowest BCUT2D eigenvalue weighted by Gasteiger charge is -2.35. The Kier molecular flexibility index (Phi) is 7.86. The second-order valence-electron chi connectivity index (χ2n) is 8.92. The number of piperidine rings is 1. The molecule has 1 saturated heterocycles. The van der Waals surface area contributed by atoms with Crippen molar-refractivity contribution in [3.8, 4) is 0 Å². The topological polar surface area (TPSA) is 49.4 Å². The number of carbonyl (C=O) groups excluding carboxylic acids is 2. The van der Waals surface area contributed by atoms with Crippen LogP contribution in [0.25, 0.3) is 0 Å². The Balaban J connectivity index is 1.55. The number of halogens is 2. The van der Waals surface area contributed by atoms with E-state index in [9.17, 15) is 9.59 Å². The van der Waals surface area contributed by atoms with E-state index in [0.717, 1.165) is 25.7 Å². The molecule has 0 spiro atoms. The van der Waals surface area contributed by atoms with Crippen molar-refractivity contribution >= 4 is 35.0 Å². The van der Waals surface area contributed by atoms with Gasteiger partial charge in [0.05, 0.1) is 10.0 Å². The van der Waals surface area contributed by atoms with Crippen molar-refractivity contribution in [1.29, 1.82) is 0 Å². The summed E-state index contributed by atoms with van der Waals surface area (Å²) < 4.78 is 0. The summed E-state index contributed by atoms with van der Waals surface area (Å²) in [4.78, 5) is 27.5. The zero-order chi connectivity index (χ0) is 21.0. The van der Waals surface area contributed by atoms with Crippen molar-refractivity contribution < 1.29 is 9.59 Å². The second-order valence-corrected chi connectivity index (χ2v) is 9.73. The van der Waals surface area contributed by atoms with E-state index in [0.29, 0.717) is 41.4 Å². The third kappa shape index (κ3) is 5.88. The first kappa shape index (κ1) is 22.4. The van der Waals surface area contributed by atoms with Gasteiger partial charge >= 0.3 is 0 Å². The number of nitrogens with zero attached hydrogens (tertiary/aromatic N) is 1. The van der Waals surface area contributed by atoms with Crippen LogP contribution in [-0.2, 0) is 9.59 Å². The highest BCUT2D eigenvalue weighted by Crippen LogP contribution is 2.33. The van der Waals surface area contributed by atoms with Gasteiger partial charge in [-0.25, -0.2) is 0 Å². The van der Waals surface area contributed by atoms with E-state index in [4.69, 9.17) is 23.2 Å². The van der Waals surface area contributed by atoms with Crippen LogP contribution in [0.3, 0.4) is 0 Å². The van der Waals surface area contributed by atoms with E-state index >= 15 is 0 Å². The van der Waals surface area contributed by atoms with Crippen molar-refractivity contribution in [2.45, 2.75) is 70.8 Å². The molecule has 0 radical (unpaired) electrons. The van der Waals surface area contributed by atoms with E-state index in [2.05, 4.69) is 5.32 Å². The van der Waals surface area contributed by atoms with Crippen molar-refractivity contribution in [2.75, 3.05) is 13.1 Å². The molecule has 0 bridgehead atoms. The van der Waals surface area contributed by atoms with Gasteiger partial charge in [-0.2, -0.15) is 0 Å². The molecule has 1 aromatic carbocycles. The van der Waals surface area contributed by atoms with Gasteiger partial charge in [0.2, 0.25) is 11.8 Å². The second kappa shape index (κ2) is 10.2. The Hall–Kier alpha value is -1.26. The lowest BCUT2D eigenvalue weighted by atomic mass is 9.89. The Morgan fingerprint density at radius 3 is 2.31 bits per heavy atom. The van der Waals surface area contributed by atoms with Crippen LogP contribution in [0.15, 0.2) is 18.2 Å². The van der Waals surface area contributed by atoms with E-state index < -0.39 is 6.04 Å². The summed E-state index contributed by atoms with van der Waals surface area (Å²) >= 11 is 12.2. The minimum absolute atomic E-state index is 0.0228. The van der Waals surface area contributed by atoms with Crippen LogP contribution < -0.4 is 5.32 Å². The fourth-order valence-corrected chi connectivity index (χ4v) is 4.93. The van der Waals surface area contributed by atoms with Crippen LogP contribution in [0.5, 0.6) is 0 Å². The van der Waals surface area contributed by atoms with Gasteiger partial charge in [0.15, 0.2) is 0 Å². The van der Waals surface area contributed by atoms with E-state index in [1.54, 1.807) is 0 Å². The number of carbonyl (C=O) groups is 2. The quantitative estimate of drug-likeness (QED) is 0.644. The minimum atomic E-state index is -0.439. The van der Waals surface area contributed by atoms with Crippen LogP contribution in [0.4, 0.5) is 0 Å². The molecule has 1 N–H and O–H groups in total. The maximum Gasteiger partial charge on any atom is 0.245 e. The number of hydrogen-bond acceptors (Lipinski definition) is 2. The highest BCUT2D eigenvalue weighted by atomic mass is 35.5. The molecule has 4 nitrogen and oxygen atoms in total. The van der Waals surface area contributed by atoms with Crippen LogP contribution in [0.1, 0.15) is 70.3 Å². The molecular formula is C23H32Cl2N2O2. The molecule has 1 saturated carbocycles. The molecule has 2 fully saturated rings. The number of rotatable bonds is 6. The molecule has 1 aromatic rings. The normalized spacial score (nSPS) is 19.6. The van der Waals surface area contributed by atoms with Crippen molar-refractivity contribution in [1.82, 2.24) is 10.2 Å². The highest BCUT2D eigenvalue weighted by Gasteiger charge is 2.32. The van der Waals surface area contributed by atoms with Gasteiger partial charge in [-0.1, -0.05) is 56.0 Å². The minimum Gasteiger partial charge on any atom is -0.344 e. The van der Waals surface area contributed by atoms with Gasteiger partial charge in [-0.05, 0) is 61.1 Å². The standard InChI is InChI=1S/C23H32Cl2N2O2/c1-15(2)22(26-21(28)13-16-5-3-4-6-16)23(29)27-11-9-17(10-12-27)18-7-8-19(24)20(25)14-18/h7-8,14-17,22H,3-6,9-13H2,1-2H3,(H,26,28)/t22-/m1/s1. The van der Waals surface area contributed by atoms with Gasteiger partial charge in [-0.15, -0.1) is 0 Å². The maximum absolute atomic E-state index is 13.1. The molecule has 2 amide bonds. The highest BCUT2D eigenvalue weighted by molar-refractivity contribution is 6.42. The maximum atomic E-state index is 13.1. The Labute approximate surface area is 184 Å². The Morgan fingerprint density at radius 2 is 1.72 bits per heavy atom. The first-order valence-electron chi connectivity index (χ1n) is 10.9. The molecule has 1 aliphatic carbocycles. The predicted molar refractivity (Wildman–Crippen MR) is 118 cm³/mol. The smallest absolute Gasteiger partial charge is 0.245 e. The van der Waals surface area contributed by atoms with Crippen LogP contribution in [0.2, 0.25) is 10.0 Å². The van der Waals surface area contributed by atoms with E-state index in [-0.39, 0.29) is 17.7 Å².